The van der Waals surface area contributed by atoms with Gasteiger partial charge in [0, 0.05) is 17.1 Å². The number of halogens is 2. The van der Waals surface area contributed by atoms with Crippen LogP contribution in [0.4, 0.5) is 10.1 Å². The molecule has 0 bridgehead atoms. The Bertz CT molecular complexity index is 577. The molecule has 0 fully saturated rings. The molecule has 6 heteroatoms. The largest absolute Gasteiger partial charge is 0.389 e. The molecular formula is C15H17BrFNO2S. The monoisotopic (exact) mass is 373 g/mol. The number of anilines is 1. The van der Waals surface area contributed by atoms with E-state index < -0.39 is 6.10 Å². The van der Waals surface area contributed by atoms with Gasteiger partial charge < -0.3 is 15.2 Å². The first-order chi connectivity index (χ1) is 10.1. The fourth-order valence-corrected chi connectivity index (χ4v) is 2.80. The number of aliphatic hydroxyl groups is 1. The van der Waals surface area contributed by atoms with Crippen LogP contribution < -0.4 is 5.32 Å². The van der Waals surface area contributed by atoms with Crippen LogP contribution in [0.15, 0.2) is 34.1 Å². The van der Waals surface area contributed by atoms with E-state index in [1.165, 1.54) is 6.07 Å². The van der Waals surface area contributed by atoms with Crippen molar-refractivity contribution < 1.29 is 14.2 Å². The molecule has 0 spiro atoms. The van der Waals surface area contributed by atoms with Crippen LogP contribution in [-0.4, -0.2) is 24.4 Å². The minimum atomic E-state index is -0.617. The van der Waals surface area contributed by atoms with Crippen molar-refractivity contribution in [2.45, 2.75) is 19.6 Å². The predicted octanol–water partition coefficient (Wildman–Crippen LogP) is 3.95. The maximum atomic E-state index is 13.3. The zero-order chi connectivity index (χ0) is 15.2. The summed E-state index contributed by atoms with van der Waals surface area (Å²) in [6.07, 6.45) is -0.617. The second-order valence-corrected chi connectivity index (χ2v) is 6.60. The Morgan fingerprint density at radius 3 is 3.00 bits per heavy atom. The van der Waals surface area contributed by atoms with Crippen LogP contribution in [0.25, 0.3) is 0 Å². The first-order valence-electron chi connectivity index (χ1n) is 6.54. The molecule has 3 nitrogen and oxygen atoms in total. The van der Waals surface area contributed by atoms with Crippen molar-refractivity contribution in [1.82, 2.24) is 0 Å². The van der Waals surface area contributed by atoms with E-state index in [9.17, 15) is 9.50 Å². The maximum Gasteiger partial charge on any atom is 0.137 e. The van der Waals surface area contributed by atoms with Crippen molar-refractivity contribution in [3.63, 3.8) is 0 Å². The smallest absolute Gasteiger partial charge is 0.137 e. The highest BCUT2D eigenvalue weighted by Crippen LogP contribution is 2.24. The molecule has 1 unspecified atom stereocenters. The molecule has 0 aliphatic carbocycles. The molecule has 21 heavy (non-hydrogen) atoms. The number of rotatable bonds is 7. The van der Waals surface area contributed by atoms with E-state index in [1.54, 1.807) is 17.4 Å². The van der Waals surface area contributed by atoms with Gasteiger partial charge in [0.1, 0.15) is 5.82 Å². The van der Waals surface area contributed by atoms with Crippen LogP contribution in [0.5, 0.6) is 0 Å². The molecule has 2 rings (SSSR count). The van der Waals surface area contributed by atoms with E-state index in [4.69, 9.17) is 4.74 Å². The molecule has 1 atom stereocenters. The Morgan fingerprint density at radius 1 is 1.48 bits per heavy atom. The lowest BCUT2D eigenvalue weighted by atomic mass is 10.2. The fraction of sp³-hybridized carbons (Fsp3) is 0.333. The van der Waals surface area contributed by atoms with Crippen LogP contribution in [0.3, 0.4) is 0 Å². The summed E-state index contributed by atoms with van der Waals surface area (Å²) in [5.41, 5.74) is 1.59. The summed E-state index contributed by atoms with van der Waals surface area (Å²) in [5.74, 6) is -0.294. The number of thiophene rings is 1. The minimum Gasteiger partial charge on any atom is -0.389 e. The van der Waals surface area contributed by atoms with E-state index >= 15 is 0 Å². The van der Waals surface area contributed by atoms with Gasteiger partial charge in [-0.15, -0.1) is 11.3 Å². The van der Waals surface area contributed by atoms with Gasteiger partial charge in [0.05, 0.1) is 23.8 Å². The van der Waals surface area contributed by atoms with Crippen LogP contribution in [0.1, 0.15) is 10.4 Å². The molecule has 2 N–H and O–H groups in total. The molecule has 114 valence electrons. The SMILES string of the molecule is Cc1cc(F)c(Br)cc1NCC(O)COCc1cccs1. The van der Waals surface area contributed by atoms with Crippen molar-refractivity contribution >= 4 is 33.0 Å². The average molecular weight is 374 g/mol. The third-order valence-electron chi connectivity index (χ3n) is 2.93. The number of hydrogen-bond donors (Lipinski definition) is 2. The van der Waals surface area contributed by atoms with Gasteiger partial charge >= 0.3 is 0 Å². The topological polar surface area (TPSA) is 41.5 Å². The number of aliphatic hydroxyl groups excluding tert-OH is 1. The summed E-state index contributed by atoms with van der Waals surface area (Å²) in [6.45, 7) is 2.93. The van der Waals surface area contributed by atoms with Crippen molar-refractivity contribution in [2.24, 2.45) is 0 Å². The molecule has 1 heterocycles. The Kier molecular flexibility index (Phi) is 6.17. The van der Waals surface area contributed by atoms with Crippen molar-refractivity contribution in [3.8, 4) is 0 Å². The van der Waals surface area contributed by atoms with E-state index in [0.717, 1.165) is 16.1 Å². The highest BCUT2D eigenvalue weighted by atomic mass is 79.9. The van der Waals surface area contributed by atoms with Crippen molar-refractivity contribution in [3.05, 3.63) is 50.4 Å². The normalized spacial score (nSPS) is 12.4. The predicted molar refractivity (Wildman–Crippen MR) is 87.3 cm³/mol. The second-order valence-electron chi connectivity index (χ2n) is 4.71. The lowest BCUT2D eigenvalue weighted by Gasteiger charge is -2.15. The lowest BCUT2D eigenvalue weighted by Crippen LogP contribution is -2.25. The first-order valence-corrected chi connectivity index (χ1v) is 8.21. The molecule has 0 amide bonds. The Morgan fingerprint density at radius 2 is 2.29 bits per heavy atom. The quantitative estimate of drug-likeness (QED) is 0.771. The van der Waals surface area contributed by atoms with Gasteiger partial charge in [-0.2, -0.15) is 0 Å². The Labute approximate surface area is 135 Å². The molecule has 0 saturated carbocycles. The molecule has 0 radical (unpaired) electrons. The van der Waals surface area contributed by atoms with Crippen molar-refractivity contribution in [1.29, 1.82) is 0 Å². The van der Waals surface area contributed by atoms with Crippen molar-refractivity contribution in [2.75, 3.05) is 18.5 Å². The summed E-state index contributed by atoms with van der Waals surface area (Å²) in [4.78, 5) is 1.13. The summed E-state index contributed by atoms with van der Waals surface area (Å²) in [5, 5.41) is 15.0. The minimum absolute atomic E-state index is 0.256. The number of aryl methyl sites for hydroxylation is 1. The summed E-state index contributed by atoms with van der Waals surface area (Å²) in [7, 11) is 0. The van der Waals surface area contributed by atoms with Gasteiger partial charge in [0.25, 0.3) is 0 Å². The Balaban J connectivity index is 1.76. The zero-order valence-corrected chi connectivity index (χ0v) is 14.0. The molecule has 0 aliphatic heterocycles. The molecule has 0 aliphatic rings. The number of nitrogens with one attached hydrogen (secondary N) is 1. The third-order valence-corrected chi connectivity index (χ3v) is 4.39. The molecule has 1 aromatic heterocycles. The van der Waals surface area contributed by atoms with Gasteiger partial charge in [-0.05, 0) is 52.0 Å². The van der Waals surface area contributed by atoms with E-state index in [0.29, 0.717) is 17.6 Å². The fourth-order valence-electron chi connectivity index (χ4n) is 1.81. The van der Waals surface area contributed by atoms with Crippen LogP contribution in [0.2, 0.25) is 0 Å². The highest BCUT2D eigenvalue weighted by Gasteiger charge is 2.08. The van der Waals surface area contributed by atoms with Gasteiger partial charge in [-0.1, -0.05) is 6.07 Å². The van der Waals surface area contributed by atoms with Gasteiger partial charge in [-0.3, -0.25) is 0 Å². The summed E-state index contributed by atoms with van der Waals surface area (Å²) in [6, 6.07) is 7.08. The van der Waals surface area contributed by atoms with Gasteiger partial charge in [0.15, 0.2) is 0 Å². The first kappa shape index (κ1) is 16.4. The number of hydrogen-bond acceptors (Lipinski definition) is 4. The number of ether oxygens (including phenoxy) is 1. The Hall–Kier alpha value is -0.950. The van der Waals surface area contributed by atoms with E-state index in [-0.39, 0.29) is 12.4 Å². The summed E-state index contributed by atoms with van der Waals surface area (Å²) < 4.78 is 19.2. The number of benzene rings is 1. The van der Waals surface area contributed by atoms with Gasteiger partial charge in [-0.25, -0.2) is 4.39 Å². The zero-order valence-electron chi connectivity index (χ0n) is 11.6. The van der Waals surface area contributed by atoms with Gasteiger partial charge in [0.2, 0.25) is 0 Å². The molecule has 2 aromatic rings. The third kappa shape index (κ3) is 5.07. The van der Waals surface area contributed by atoms with Crippen LogP contribution in [0, 0.1) is 12.7 Å². The standard InChI is InChI=1S/C15H17BrFNO2S/c1-10-5-14(17)13(16)6-15(10)18-7-11(19)8-20-9-12-3-2-4-21-12/h2-6,11,18-19H,7-9H2,1H3. The maximum absolute atomic E-state index is 13.3. The average Bonchev–Trinajstić information content (AvgIpc) is 2.94. The molecular weight excluding hydrogens is 357 g/mol. The highest BCUT2D eigenvalue weighted by molar-refractivity contribution is 9.10. The van der Waals surface area contributed by atoms with E-state index in [2.05, 4.69) is 21.2 Å². The summed E-state index contributed by atoms with van der Waals surface area (Å²) >= 11 is 4.78. The lowest BCUT2D eigenvalue weighted by molar-refractivity contribution is 0.0359. The van der Waals surface area contributed by atoms with Crippen LogP contribution in [-0.2, 0) is 11.3 Å². The molecule has 0 saturated heterocycles. The molecule has 1 aromatic carbocycles. The second kappa shape index (κ2) is 7.89. The van der Waals surface area contributed by atoms with E-state index in [1.807, 2.05) is 24.4 Å². The van der Waals surface area contributed by atoms with Crippen LogP contribution >= 0.6 is 27.3 Å².